The van der Waals surface area contributed by atoms with Crippen LogP contribution in [0.4, 0.5) is 11.4 Å². The average molecular weight is 316 g/mol. The zero-order chi connectivity index (χ0) is 13.9. The molecule has 0 radical (unpaired) electrons. The molecule has 0 saturated carbocycles. The number of nitrogens with one attached hydrogen (secondary N) is 1. The molecule has 1 rings (SSSR count). The molecule has 1 aromatic rings. The van der Waals surface area contributed by atoms with Crippen molar-refractivity contribution in [3.63, 3.8) is 0 Å². The molecule has 2 unspecified atom stereocenters. The number of rotatable bonds is 4. The highest BCUT2D eigenvalue weighted by Gasteiger charge is 2.18. The molecule has 18 heavy (non-hydrogen) atoms. The highest BCUT2D eigenvalue weighted by molar-refractivity contribution is 9.10. The zero-order valence-corrected chi connectivity index (χ0v) is 11.6. The van der Waals surface area contributed by atoms with Gasteiger partial charge in [0.25, 0.3) is 5.69 Å². The largest absolute Gasteiger partial charge is 0.327 e. The SMILES string of the molecule is CC(N)C(C)C(=O)Nc1ccc([N+](=O)[O-])cc1Br. The number of nitrogens with two attached hydrogens (primary N) is 1. The van der Waals surface area contributed by atoms with Gasteiger partial charge in [0.05, 0.1) is 16.5 Å². The Balaban J connectivity index is 2.86. The Morgan fingerprint density at radius 3 is 2.56 bits per heavy atom. The number of nitrogens with zero attached hydrogens (tertiary/aromatic N) is 1. The first-order chi connectivity index (χ1) is 8.32. The summed E-state index contributed by atoms with van der Waals surface area (Å²) in [5.41, 5.74) is 6.07. The lowest BCUT2D eigenvalue weighted by Crippen LogP contribution is -2.34. The van der Waals surface area contributed by atoms with Crippen LogP contribution < -0.4 is 11.1 Å². The summed E-state index contributed by atoms with van der Waals surface area (Å²) in [6, 6.07) is 3.89. The highest BCUT2D eigenvalue weighted by atomic mass is 79.9. The van der Waals surface area contributed by atoms with Crippen LogP contribution in [0.15, 0.2) is 22.7 Å². The van der Waals surface area contributed by atoms with Gasteiger partial charge < -0.3 is 11.1 Å². The summed E-state index contributed by atoms with van der Waals surface area (Å²) in [7, 11) is 0. The molecule has 98 valence electrons. The molecule has 6 nitrogen and oxygen atoms in total. The topological polar surface area (TPSA) is 98.3 Å². The standard InChI is InChI=1S/C11H14BrN3O3/c1-6(7(2)13)11(16)14-10-4-3-8(15(17)18)5-9(10)12/h3-7H,13H2,1-2H3,(H,14,16). The second-order valence-corrected chi connectivity index (χ2v) is 4.91. The van der Waals surface area contributed by atoms with Crippen LogP contribution in [0.3, 0.4) is 0 Å². The second-order valence-electron chi connectivity index (χ2n) is 4.06. The van der Waals surface area contributed by atoms with Gasteiger partial charge >= 0.3 is 0 Å². The number of carbonyl (C=O) groups is 1. The van der Waals surface area contributed by atoms with Crippen LogP contribution in [0.25, 0.3) is 0 Å². The number of nitro benzene ring substituents is 1. The molecule has 0 fully saturated rings. The molecule has 0 aliphatic carbocycles. The van der Waals surface area contributed by atoms with Gasteiger partial charge in [0, 0.05) is 22.6 Å². The molecule has 2 atom stereocenters. The summed E-state index contributed by atoms with van der Waals surface area (Å²) in [4.78, 5) is 21.8. The number of amides is 1. The number of anilines is 1. The molecule has 0 spiro atoms. The van der Waals surface area contributed by atoms with Crippen molar-refractivity contribution in [2.24, 2.45) is 11.7 Å². The molecule has 0 aliphatic rings. The minimum Gasteiger partial charge on any atom is -0.327 e. The summed E-state index contributed by atoms with van der Waals surface area (Å²) in [6.45, 7) is 3.47. The van der Waals surface area contributed by atoms with E-state index in [2.05, 4.69) is 21.2 Å². The predicted octanol–water partition coefficient (Wildman–Crippen LogP) is 2.28. The van der Waals surface area contributed by atoms with Gasteiger partial charge in [-0.1, -0.05) is 6.92 Å². The number of nitro groups is 1. The predicted molar refractivity (Wildman–Crippen MR) is 72.2 cm³/mol. The van der Waals surface area contributed by atoms with Gasteiger partial charge in [-0.2, -0.15) is 0 Å². The monoisotopic (exact) mass is 315 g/mol. The molecule has 0 saturated heterocycles. The van der Waals surface area contributed by atoms with Gasteiger partial charge in [0.1, 0.15) is 0 Å². The molecule has 0 aromatic heterocycles. The molecule has 1 amide bonds. The summed E-state index contributed by atoms with van der Waals surface area (Å²) >= 11 is 3.18. The van der Waals surface area contributed by atoms with Crippen LogP contribution in [0.1, 0.15) is 13.8 Å². The van der Waals surface area contributed by atoms with E-state index in [1.165, 1.54) is 18.2 Å². The fourth-order valence-electron chi connectivity index (χ4n) is 1.20. The first-order valence-electron chi connectivity index (χ1n) is 5.33. The molecule has 7 heteroatoms. The maximum atomic E-state index is 11.8. The molecule has 0 aliphatic heterocycles. The van der Waals surface area contributed by atoms with Gasteiger partial charge in [-0.05, 0) is 28.9 Å². The van der Waals surface area contributed by atoms with E-state index in [4.69, 9.17) is 5.73 Å². The minimum atomic E-state index is -0.499. The minimum absolute atomic E-state index is 0.0416. The van der Waals surface area contributed by atoms with Crippen LogP contribution in [-0.2, 0) is 4.79 Å². The van der Waals surface area contributed by atoms with Crippen molar-refractivity contribution in [1.29, 1.82) is 0 Å². The van der Waals surface area contributed by atoms with E-state index in [1.54, 1.807) is 13.8 Å². The normalized spacial score (nSPS) is 13.8. The fraction of sp³-hybridized carbons (Fsp3) is 0.364. The van der Waals surface area contributed by atoms with E-state index in [1.807, 2.05) is 0 Å². The van der Waals surface area contributed by atoms with Crippen molar-refractivity contribution >= 4 is 33.2 Å². The zero-order valence-electron chi connectivity index (χ0n) is 10.0. The smallest absolute Gasteiger partial charge is 0.270 e. The average Bonchev–Trinajstić information content (AvgIpc) is 2.30. The summed E-state index contributed by atoms with van der Waals surface area (Å²) in [5, 5.41) is 13.2. The van der Waals surface area contributed by atoms with E-state index in [9.17, 15) is 14.9 Å². The molecule has 0 bridgehead atoms. The number of hydrogen-bond acceptors (Lipinski definition) is 4. The number of halogens is 1. The Morgan fingerprint density at radius 2 is 2.11 bits per heavy atom. The van der Waals surface area contributed by atoms with Crippen LogP contribution >= 0.6 is 15.9 Å². The van der Waals surface area contributed by atoms with E-state index in [0.717, 1.165) is 0 Å². The molecule has 0 heterocycles. The lowest BCUT2D eigenvalue weighted by Gasteiger charge is -2.15. The van der Waals surface area contributed by atoms with Crippen molar-refractivity contribution in [2.75, 3.05) is 5.32 Å². The van der Waals surface area contributed by atoms with Gasteiger partial charge in [-0.15, -0.1) is 0 Å². The van der Waals surface area contributed by atoms with Crippen molar-refractivity contribution in [3.8, 4) is 0 Å². The van der Waals surface area contributed by atoms with Crippen molar-refractivity contribution < 1.29 is 9.72 Å². The molecule has 3 N–H and O–H groups in total. The van der Waals surface area contributed by atoms with Gasteiger partial charge in [-0.3, -0.25) is 14.9 Å². The number of non-ortho nitro benzene ring substituents is 1. The number of benzene rings is 1. The fourth-order valence-corrected chi connectivity index (χ4v) is 1.67. The van der Waals surface area contributed by atoms with Crippen molar-refractivity contribution in [3.05, 3.63) is 32.8 Å². The van der Waals surface area contributed by atoms with Crippen LogP contribution in [0.5, 0.6) is 0 Å². The number of hydrogen-bond donors (Lipinski definition) is 2. The maximum Gasteiger partial charge on any atom is 0.270 e. The first kappa shape index (κ1) is 14.6. The summed E-state index contributed by atoms with van der Waals surface area (Å²) < 4.78 is 0.460. The Bertz CT molecular complexity index is 477. The quantitative estimate of drug-likeness (QED) is 0.657. The maximum absolute atomic E-state index is 11.8. The van der Waals surface area contributed by atoms with Crippen molar-refractivity contribution in [1.82, 2.24) is 0 Å². The summed E-state index contributed by atoms with van der Waals surface area (Å²) in [5.74, 6) is -0.563. The Kier molecular flexibility index (Phi) is 4.80. The van der Waals surface area contributed by atoms with E-state index >= 15 is 0 Å². The lowest BCUT2D eigenvalue weighted by molar-refractivity contribution is -0.384. The van der Waals surface area contributed by atoms with Crippen LogP contribution in [-0.4, -0.2) is 16.9 Å². The highest BCUT2D eigenvalue weighted by Crippen LogP contribution is 2.27. The molecular formula is C11H14BrN3O3. The van der Waals surface area contributed by atoms with Gasteiger partial charge in [0.2, 0.25) is 5.91 Å². The Labute approximate surface area is 113 Å². The lowest BCUT2D eigenvalue weighted by atomic mass is 10.0. The third-order valence-electron chi connectivity index (χ3n) is 2.62. The second kappa shape index (κ2) is 5.92. The van der Waals surface area contributed by atoms with E-state index in [0.29, 0.717) is 10.2 Å². The molecule has 1 aromatic carbocycles. The van der Waals surface area contributed by atoms with Crippen LogP contribution in [0, 0.1) is 16.0 Å². The third-order valence-corrected chi connectivity index (χ3v) is 3.28. The Morgan fingerprint density at radius 1 is 1.50 bits per heavy atom. The van der Waals surface area contributed by atoms with Gasteiger partial charge in [-0.25, -0.2) is 0 Å². The Hall–Kier alpha value is -1.47. The van der Waals surface area contributed by atoms with Crippen molar-refractivity contribution in [2.45, 2.75) is 19.9 Å². The third kappa shape index (κ3) is 3.51. The van der Waals surface area contributed by atoms with E-state index < -0.39 is 4.92 Å². The first-order valence-corrected chi connectivity index (χ1v) is 6.12. The number of carbonyl (C=O) groups excluding carboxylic acids is 1. The van der Waals surface area contributed by atoms with E-state index in [-0.39, 0.29) is 23.6 Å². The van der Waals surface area contributed by atoms with Crippen LogP contribution in [0.2, 0.25) is 0 Å². The van der Waals surface area contributed by atoms with Gasteiger partial charge in [0.15, 0.2) is 0 Å². The summed E-state index contributed by atoms with van der Waals surface area (Å²) in [6.07, 6.45) is 0. The molecular weight excluding hydrogens is 302 g/mol.